The van der Waals surface area contributed by atoms with Crippen LogP contribution in [-0.4, -0.2) is 22.7 Å². The smallest absolute Gasteiger partial charge is 0.245 e. The summed E-state index contributed by atoms with van der Waals surface area (Å²) in [5, 5.41) is 3.10. The highest BCUT2D eigenvalue weighted by Crippen LogP contribution is 2.22. The lowest BCUT2D eigenvalue weighted by atomic mass is 10.2. The summed E-state index contributed by atoms with van der Waals surface area (Å²) in [7, 11) is -3.77. The molecule has 0 unspecified atom stereocenters. The molecule has 4 rings (SSSR count). The number of benzene rings is 2. The first kappa shape index (κ1) is 21.7. The number of hydrogen-bond acceptors (Lipinski definition) is 5. The molecule has 0 saturated heterocycles. The zero-order valence-corrected chi connectivity index (χ0v) is 18.5. The van der Waals surface area contributed by atoms with E-state index in [0.717, 1.165) is 16.8 Å². The van der Waals surface area contributed by atoms with E-state index in [2.05, 4.69) is 15.3 Å². The van der Waals surface area contributed by atoms with E-state index in [4.69, 9.17) is 0 Å². The monoisotopic (exact) mass is 444 g/mol. The molecule has 0 radical (unpaired) electrons. The van der Waals surface area contributed by atoms with Crippen LogP contribution in [0.15, 0.2) is 102 Å². The van der Waals surface area contributed by atoms with Gasteiger partial charge >= 0.3 is 0 Å². The largest absolute Gasteiger partial charge is 0.325 e. The molecule has 2 aromatic carbocycles. The number of hydrogen-bond donors (Lipinski definition) is 1. The maximum atomic E-state index is 13.5. The molecule has 4 aromatic rings. The summed E-state index contributed by atoms with van der Waals surface area (Å²) in [6.45, 7) is 2.44. The van der Waals surface area contributed by atoms with Crippen molar-refractivity contribution >= 4 is 21.7 Å². The quantitative estimate of drug-likeness (QED) is 0.417. The van der Waals surface area contributed by atoms with Gasteiger partial charge in [-0.1, -0.05) is 66.7 Å². The number of aryl methyl sites for hydroxylation is 1. The first-order chi connectivity index (χ1) is 15.5. The van der Waals surface area contributed by atoms with Crippen molar-refractivity contribution in [1.82, 2.24) is 14.3 Å². The van der Waals surface area contributed by atoms with E-state index < -0.39 is 10.0 Å². The summed E-state index contributed by atoms with van der Waals surface area (Å²) < 4.78 is 28.5. The first-order valence-corrected chi connectivity index (χ1v) is 11.7. The lowest BCUT2D eigenvalue weighted by molar-refractivity contribution is 0.401. The Bertz CT molecular complexity index is 1220. The maximum Gasteiger partial charge on any atom is 0.245 e. The van der Waals surface area contributed by atoms with Crippen LogP contribution >= 0.6 is 0 Å². The van der Waals surface area contributed by atoms with Crippen molar-refractivity contribution < 1.29 is 8.42 Å². The topological polar surface area (TPSA) is 75.2 Å². The summed E-state index contributed by atoms with van der Waals surface area (Å²) in [6, 6.07) is 28.0. The minimum Gasteiger partial charge on any atom is -0.325 e. The molecule has 1 N–H and O–H groups in total. The first-order valence-electron chi connectivity index (χ1n) is 10.3. The summed E-state index contributed by atoms with van der Waals surface area (Å²) >= 11 is 0. The predicted octanol–water partition coefficient (Wildman–Crippen LogP) is 4.92. The third kappa shape index (κ3) is 5.38. The molecule has 0 amide bonds. The molecule has 0 aliphatic rings. The highest BCUT2D eigenvalue weighted by Gasteiger charge is 2.25. The zero-order valence-electron chi connectivity index (χ0n) is 17.7. The fourth-order valence-electron chi connectivity index (χ4n) is 3.30. The standard InChI is InChI=1S/C25H24N4O2S/c1-20-9-8-14-25(27-20)28-24-16-15-23(17-26-24)32(30,31)29(18-21-10-4-2-5-11-21)19-22-12-6-3-7-13-22/h2-17H,18-19H2,1H3,(H,26,27,28). The molecule has 0 aliphatic heterocycles. The molecule has 162 valence electrons. The Balaban J connectivity index is 1.59. The van der Waals surface area contributed by atoms with Crippen LogP contribution in [0, 0.1) is 6.92 Å². The second-order valence-corrected chi connectivity index (χ2v) is 9.35. The van der Waals surface area contributed by atoms with Gasteiger partial charge in [-0.3, -0.25) is 0 Å². The Morgan fingerprint density at radius 2 is 1.38 bits per heavy atom. The van der Waals surface area contributed by atoms with E-state index in [-0.39, 0.29) is 18.0 Å². The van der Waals surface area contributed by atoms with Gasteiger partial charge < -0.3 is 5.32 Å². The molecule has 0 atom stereocenters. The molecule has 6 nitrogen and oxygen atoms in total. The Morgan fingerprint density at radius 3 is 1.91 bits per heavy atom. The number of sulfonamides is 1. The minimum atomic E-state index is -3.77. The average Bonchev–Trinajstić information content (AvgIpc) is 2.80. The van der Waals surface area contributed by atoms with Crippen molar-refractivity contribution in [3.63, 3.8) is 0 Å². The van der Waals surface area contributed by atoms with Gasteiger partial charge in [0.15, 0.2) is 0 Å². The van der Waals surface area contributed by atoms with Crippen LogP contribution in [0.5, 0.6) is 0 Å². The number of nitrogens with one attached hydrogen (secondary N) is 1. The van der Waals surface area contributed by atoms with E-state index in [1.54, 1.807) is 12.1 Å². The molecule has 0 spiro atoms. The Morgan fingerprint density at radius 1 is 0.750 bits per heavy atom. The SMILES string of the molecule is Cc1cccc(Nc2ccc(S(=O)(=O)N(Cc3ccccc3)Cc3ccccc3)cn2)n1. The van der Waals surface area contributed by atoms with Gasteiger partial charge in [0.2, 0.25) is 10.0 Å². The van der Waals surface area contributed by atoms with E-state index in [9.17, 15) is 8.42 Å². The molecule has 7 heteroatoms. The van der Waals surface area contributed by atoms with Crippen LogP contribution in [-0.2, 0) is 23.1 Å². The molecule has 0 aliphatic carbocycles. The summed E-state index contributed by atoms with van der Waals surface area (Å²) in [4.78, 5) is 8.84. The average molecular weight is 445 g/mol. The van der Waals surface area contributed by atoms with Crippen molar-refractivity contribution in [2.45, 2.75) is 24.9 Å². The van der Waals surface area contributed by atoms with Crippen LogP contribution in [0.4, 0.5) is 11.6 Å². The Hall–Kier alpha value is -3.55. The second kappa shape index (κ2) is 9.72. The number of rotatable bonds is 8. The van der Waals surface area contributed by atoms with Crippen LogP contribution in [0.3, 0.4) is 0 Å². The van der Waals surface area contributed by atoms with Gasteiger partial charge in [0.25, 0.3) is 0 Å². The predicted molar refractivity (Wildman–Crippen MR) is 126 cm³/mol. The second-order valence-electron chi connectivity index (χ2n) is 7.41. The highest BCUT2D eigenvalue weighted by molar-refractivity contribution is 7.89. The van der Waals surface area contributed by atoms with Crippen molar-refractivity contribution in [2.24, 2.45) is 0 Å². The third-order valence-corrected chi connectivity index (χ3v) is 6.70. The van der Waals surface area contributed by atoms with E-state index >= 15 is 0 Å². The summed E-state index contributed by atoms with van der Waals surface area (Å²) in [5.41, 5.74) is 2.72. The van der Waals surface area contributed by atoms with Gasteiger partial charge in [0.05, 0.1) is 0 Å². The van der Waals surface area contributed by atoms with Crippen molar-refractivity contribution in [3.05, 3.63) is 114 Å². The van der Waals surface area contributed by atoms with Crippen LogP contribution in [0.25, 0.3) is 0 Å². The normalized spacial score (nSPS) is 11.4. The number of nitrogens with zero attached hydrogens (tertiary/aromatic N) is 3. The minimum absolute atomic E-state index is 0.145. The van der Waals surface area contributed by atoms with Gasteiger partial charge in [0.1, 0.15) is 16.5 Å². The van der Waals surface area contributed by atoms with Gasteiger partial charge in [-0.25, -0.2) is 18.4 Å². The van der Waals surface area contributed by atoms with Crippen LogP contribution in [0.2, 0.25) is 0 Å². The van der Waals surface area contributed by atoms with Gasteiger partial charge in [0, 0.05) is 25.0 Å². The van der Waals surface area contributed by atoms with Crippen molar-refractivity contribution in [2.75, 3.05) is 5.32 Å². The fraction of sp³-hybridized carbons (Fsp3) is 0.120. The van der Waals surface area contributed by atoms with E-state index in [1.165, 1.54) is 10.5 Å². The van der Waals surface area contributed by atoms with E-state index in [1.807, 2.05) is 85.8 Å². The molecule has 0 fully saturated rings. The van der Waals surface area contributed by atoms with E-state index in [0.29, 0.717) is 11.6 Å². The third-order valence-electron chi connectivity index (χ3n) is 4.92. The Labute approximate surface area is 188 Å². The maximum absolute atomic E-state index is 13.5. The molecule has 2 heterocycles. The summed E-state index contributed by atoms with van der Waals surface area (Å²) in [5.74, 6) is 1.18. The number of aromatic nitrogens is 2. The highest BCUT2D eigenvalue weighted by atomic mass is 32.2. The number of anilines is 2. The van der Waals surface area contributed by atoms with Crippen LogP contribution < -0.4 is 5.32 Å². The van der Waals surface area contributed by atoms with Crippen molar-refractivity contribution in [3.8, 4) is 0 Å². The molecular weight excluding hydrogens is 420 g/mol. The lowest BCUT2D eigenvalue weighted by Crippen LogP contribution is -2.30. The zero-order chi connectivity index (χ0) is 22.4. The van der Waals surface area contributed by atoms with Gasteiger partial charge in [-0.15, -0.1) is 0 Å². The lowest BCUT2D eigenvalue weighted by Gasteiger charge is -2.22. The fourth-order valence-corrected chi connectivity index (χ4v) is 4.66. The number of pyridine rings is 2. The van der Waals surface area contributed by atoms with Crippen molar-refractivity contribution in [1.29, 1.82) is 0 Å². The molecule has 32 heavy (non-hydrogen) atoms. The molecular formula is C25H24N4O2S. The summed E-state index contributed by atoms with van der Waals surface area (Å²) in [6.07, 6.45) is 1.39. The molecule has 0 saturated carbocycles. The Kier molecular flexibility index (Phi) is 6.58. The molecule has 0 bridgehead atoms. The van der Waals surface area contributed by atoms with Gasteiger partial charge in [-0.05, 0) is 42.3 Å². The van der Waals surface area contributed by atoms with Crippen LogP contribution in [0.1, 0.15) is 16.8 Å². The van der Waals surface area contributed by atoms with Gasteiger partial charge in [-0.2, -0.15) is 4.31 Å². The molecule has 2 aromatic heterocycles.